The van der Waals surface area contributed by atoms with Crippen LogP contribution in [0.2, 0.25) is 5.02 Å². The van der Waals surface area contributed by atoms with E-state index in [0.29, 0.717) is 5.82 Å². The van der Waals surface area contributed by atoms with Gasteiger partial charge in [0, 0.05) is 35.6 Å². The first kappa shape index (κ1) is 21.8. The Balaban J connectivity index is 1.57. The highest BCUT2D eigenvalue weighted by molar-refractivity contribution is 7.87. The van der Waals surface area contributed by atoms with Gasteiger partial charge in [-0.25, -0.2) is 9.37 Å². The molecular formula is C18H18ClFN6O3S2. The number of hydrogen-bond acceptors (Lipinski definition) is 6. The topological polar surface area (TPSA) is 109 Å². The van der Waals surface area contributed by atoms with Crippen molar-refractivity contribution in [2.45, 2.75) is 18.5 Å². The van der Waals surface area contributed by atoms with E-state index in [0.717, 1.165) is 20.8 Å². The minimum atomic E-state index is -3.90. The van der Waals surface area contributed by atoms with Crippen LogP contribution in [-0.4, -0.2) is 46.5 Å². The molecule has 13 heteroatoms. The summed E-state index contributed by atoms with van der Waals surface area (Å²) in [6, 6.07) is 4.00. The minimum Gasteiger partial charge on any atom is -0.325 e. The molecule has 3 heterocycles. The average Bonchev–Trinajstić information content (AvgIpc) is 3.35. The van der Waals surface area contributed by atoms with E-state index in [4.69, 9.17) is 11.6 Å². The molecule has 2 N–H and O–H groups in total. The fourth-order valence-corrected chi connectivity index (χ4v) is 5.69. The summed E-state index contributed by atoms with van der Waals surface area (Å²) in [6.07, 6.45) is 1.78. The molecule has 2 atom stereocenters. The number of anilines is 1. The number of thiophene rings is 1. The van der Waals surface area contributed by atoms with Gasteiger partial charge < -0.3 is 5.32 Å². The highest BCUT2D eigenvalue weighted by atomic mass is 35.5. The van der Waals surface area contributed by atoms with Crippen LogP contribution < -0.4 is 10.0 Å². The highest BCUT2D eigenvalue weighted by Crippen LogP contribution is 2.34. The van der Waals surface area contributed by atoms with Crippen LogP contribution in [-0.2, 0) is 22.1 Å². The molecule has 0 radical (unpaired) electrons. The Morgan fingerprint density at radius 3 is 2.81 bits per heavy atom. The third kappa shape index (κ3) is 4.48. The molecule has 0 saturated carbocycles. The molecule has 1 aromatic carbocycles. The van der Waals surface area contributed by atoms with Gasteiger partial charge in [0.25, 0.3) is 10.2 Å². The summed E-state index contributed by atoms with van der Waals surface area (Å²) in [4.78, 5) is 17.8. The predicted octanol–water partition coefficient (Wildman–Crippen LogP) is 2.55. The van der Waals surface area contributed by atoms with E-state index in [1.807, 2.05) is 11.4 Å². The number of amides is 1. The zero-order valence-corrected chi connectivity index (χ0v) is 18.8. The SMILES string of the molecule is CN1[C@H](C(=O)Nc2ccc(F)c(Cl)c2)C[C@H](c2cc(-c3ncn(C)n3)cs2)NS1(=O)=O. The first-order valence-electron chi connectivity index (χ1n) is 9.09. The highest BCUT2D eigenvalue weighted by Gasteiger charge is 2.41. The molecule has 1 fully saturated rings. The maximum Gasteiger partial charge on any atom is 0.280 e. The lowest BCUT2D eigenvalue weighted by Crippen LogP contribution is -2.55. The van der Waals surface area contributed by atoms with E-state index < -0.39 is 34.0 Å². The van der Waals surface area contributed by atoms with Gasteiger partial charge in [-0.05, 0) is 30.7 Å². The smallest absolute Gasteiger partial charge is 0.280 e. The van der Waals surface area contributed by atoms with Crippen LogP contribution in [0.4, 0.5) is 10.1 Å². The first-order chi connectivity index (χ1) is 14.6. The van der Waals surface area contributed by atoms with Crippen LogP contribution in [0.15, 0.2) is 36.0 Å². The van der Waals surface area contributed by atoms with Crippen LogP contribution in [0, 0.1) is 5.82 Å². The Kier molecular flexibility index (Phi) is 5.83. The maximum absolute atomic E-state index is 13.4. The second-order valence-corrected chi connectivity index (χ2v) is 10.2. The van der Waals surface area contributed by atoms with Crippen LogP contribution in [0.25, 0.3) is 11.4 Å². The van der Waals surface area contributed by atoms with Crippen molar-refractivity contribution in [3.8, 4) is 11.4 Å². The molecule has 1 aliphatic rings. The van der Waals surface area contributed by atoms with E-state index in [1.165, 1.54) is 30.5 Å². The van der Waals surface area contributed by atoms with E-state index in [2.05, 4.69) is 20.1 Å². The molecule has 3 aromatic rings. The van der Waals surface area contributed by atoms with Crippen molar-refractivity contribution in [1.29, 1.82) is 0 Å². The zero-order valence-electron chi connectivity index (χ0n) is 16.4. The molecule has 1 amide bonds. The number of likely N-dealkylation sites (N-methyl/N-ethyl adjacent to an activating group) is 1. The molecule has 31 heavy (non-hydrogen) atoms. The van der Waals surface area contributed by atoms with Gasteiger partial charge in [0.2, 0.25) is 5.91 Å². The second kappa shape index (κ2) is 8.28. The molecule has 9 nitrogen and oxygen atoms in total. The first-order valence-corrected chi connectivity index (χ1v) is 11.8. The Morgan fingerprint density at radius 1 is 1.35 bits per heavy atom. The maximum atomic E-state index is 13.4. The lowest BCUT2D eigenvalue weighted by atomic mass is 10.0. The number of nitrogens with zero attached hydrogens (tertiary/aromatic N) is 4. The molecule has 164 valence electrons. The zero-order chi connectivity index (χ0) is 22.3. The Hall–Kier alpha value is -2.38. The largest absolute Gasteiger partial charge is 0.325 e. The number of carbonyl (C=O) groups is 1. The molecule has 0 bridgehead atoms. The van der Waals surface area contributed by atoms with Crippen LogP contribution in [0.5, 0.6) is 0 Å². The van der Waals surface area contributed by atoms with E-state index in [1.54, 1.807) is 18.1 Å². The summed E-state index contributed by atoms with van der Waals surface area (Å²) in [7, 11) is -0.816. The van der Waals surface area contributed by atoms with Gasteiger partial charge in [0.1, 0.15) is 18.2 Å². The van der Waals surface area contributed by atoms with E-state index in [9.17, 15) is 17.6 Å². The van der Waals surface area contributed by atoms with Crippen molar-refractivity contribution in [2.24, 2.45) is 7.05 Å². The third-order valence-corrected chi connectivity index (χ3v) is 7.81. The standard InChI is InChI=1S/C18H18ClFN6O3S2/c1-25-9-21-17(23-25)10-5-16(30-8-10)14-7-15(26(2)31(28,29)24-14)18(27)22-11-3-4-13(20)12(19)6-11/h3-6,8-9,14-15,24H,7H2,1-2H3,(H,22,27)/t14-,15+/m1/s1. The monoisotopic (exact) mass is 484 g/mol. The van der Waals surface area contributed by atoms with E-state index in [-0.39, 0.29) is 17.1 Å². The Bertz CT molecular complexity index is 1240. The lowest BCUT2D eigenvalue weighted by molar-refractivity contribution is -0.120. The van der Waals surface area contributed by atoms with E-state index >= 15 is 0 Å². The minimum absolute atomic E-state index is 0.142. The molecule has 2 aromatic heterocycles. The number of aromatic nitrogens is 3. The Morgan fingerprint density at radius 2 is 2.13 bits per heavy atom. The second-order valence-electron chi connectivity index (χ2n) is 7.04. The normalized spacial score (nSPS) is 21.2. The Labute approximate surface area is 187 Å². The van der Waals surface area contributed by atoms with Crippen LogP contribution in [0.3, 0.4) is 0 Å². The fraction of sp³-hybridized carbons (Fsp3) is 0.278. The summed E-state index contributed by atoms with van der Waals surface area (Å²) in [5.74, 6) is -0.621. The van der Waals surface area contributed by atoms with Gasteiger partial charge >= 0.3 is 0 Å². The van der Waals surface area contributed by atoms with Crippen molar-refractivity contribution in [1.82, 2.24) is 23.8 Å². The van der Waals surface area contributed by atoms with Crippen molar-refractivity contribution in [2.75, 3.05) is 12.4 Å². The number of aryl methyl sites for hydroxylation is 1. The van der Waals surface area contributed by atoms with Crippen molar-refractivity contribution >= 4 is 44.7 Å². The van der Waals surface area contributed by atoms with Crippen LogP contribution >= 0.6 is 22.9 Å². The molecular weight excluding hydrogens is 467 g/mol. The predicted molar refractivity (Wildman–Crippen MR) is 115 cm³/mol. The number of carbonyl (C=O) groups excluding carboxylic acids is 1. The molecule has 0 unspecified atom stereocenters. The number of rotatable bonds is 4. The van der Waals surface area contributed by atoms with Crippen LogP contribution in [0.1, 0.15) is 17.3 Å². The van der Waals surface area contributed by atoms with Crippen molar-refractivity contribution in [3.05, 3.63) is 51.7 Å². The summed E-state index contributed by atoms with van der Waals surface area (Å²) in [5.41, 5.74) is 1.04. The van der Waals surface area contributed by atoms with Gasteiger partial charge in [-0.2, -0.15) is 22.5 Å². The average molecular weight is 485 g/mol. The summed E-state index contributed by atoms with van der Waals surface area (Å²) >= 11 is 7.12. The lowest BCUT2D eigenvalue weighted by Gasteiger charge is -2.35. The number of halogens is 2. The quantitative estimate of drug-likeness (QED) is 0.591. The molecule has 1 aliphatic heterocycles. The number of benzene rings is 1. The third-order valence-electron chi connectivity index (χ3n) is 4.88. The van der Waals surface area contributed by atoms with Gasteiger partial charge in [-0.3, -0.25) is 9.48 Å². The summed E-state index contributed by atoms with van der Waals surface area (Å²) in [5, 5.41) is 8.56. The number of nitrogens with one attached hydrogen (secondary N) is 2. The molecule has 4 rings (SSSR count). The number of hydrogen-bond donors (Lipinski definition) is 2. The van der Waals surface area contributed by atoms with Gasteiger partial charge in [0.05, 0.1) is 11.1 Å². The fourth-order valence-electron chi connectivity index (χ4n) is 3.22. The molecule has 0 spiro atoms. The van der Waals surface area contributed by atoms with Gasteiger partial charge in [0.15, 0.2) is 5.82 Å². The van der Waals surface area contributed by atoms with Crippen molar-refractivity contribution < 1.29 is 17.6 Å². The van der Waals surface area contributed by atoms with Crippen molar-refractivity contribution in [3.63, 3.8) is 0 Å². The molecule has 0 aliphatic carbocycles. The van der Waals surface area contributed by atoms with Gasteiger partial charge in [-0.1, -0.05) is 11.6 Å². The summed E-state index contributed by atoms with van der Waals surface area (Å²) < 4.78 is 43.8. The molecule has 1 saturated heterocycles. The summed E-state index contributed by atoms with van der Waals surface area (Å²) in [6.45, 7) is 0. The van der Waals surface area contributed by atoms with Gasteiger partial charge in [-0.15, -0.1) is 11.3 Å².